The Morgan fingerprint density at radius 1 is 1.10 bits per heavy atom. The summed E-state index contributed by atoms with van der Waals surface area (Å²) in [7, 11) is 0. The second kappa shape index (κ2) is 9.12. The lowest BCUT2D eigenvalue weighted by molar-refractivity contribution is 0.826. The normalized spacial score (nSPS) is 12.1. The van der Waals surface area contributed by atoms with Crippen LogP contribution in [0.15, 0.2) is 52.7 Å². The minimum atomic E-state index is 0.497. The first-order valence-corrected chi connectivity index (χ1v) is 11.3. The van der Waals surface area contributed by atoms with Gasteiger partial charge in [0.25, 0.3) is 0 Å². The van der Waals surface area contributed by atoms with Gasteiger partial charge in [0.1, 0.15) is 6.07 Å². The lowest BCUT2D eigenvalue weighted by Gasteiger charge is -2.22. The van der Waals surface area contributed by atoms with Crippen LogP contribution in [0.1, 0.15) is 34.9 Å². The molecule has 0 saturated carbocycles. The summed E-state index contributed by atoms with van der Waals surface area (Å²) in [5.41, 5.74) is 6.98. The number of thiophene rings is 1. The molecule has 0 amide bonds. The van der Waals surface area contributed by atoms with Crippen molar-refractivity contribution in [3.63, 3.8) is 0 Å². The summed E-state index contributed by atoms with van der Waals surface area (Å²) in [5.74, 6) is 0. The number of aryl methyl sites for hydroxylation is 3. The average molecular weight is 426 g/mol. The zero-order chi connectivity index (χ0) is 21.8. The molecule has 0 atom stereocenters. The number of nitrogens with zero attached hydrogens (tertiary/aromatic N) is 5. The third-order valence-corrected chi connectivity index (χ3v) is 6.79. The molecule has 0 spiro atoms. The van der Waals surface area contributed by atoms with Crippen LogP contribution in [0.2, 0.25) is 0 Å². The van der Waals surface area contributed by atoms with Crippen LogP contribution in [0.3, 0.4) is 0 Å². The zero-order valence-corrected chi connectivity index (χ0v) is 18.5. The quantitative estimate of drug-likeness (QED) is 0.405. The van der Waals surface area contributed by atoms with E-state index < -0.39 is 0 Å². The van der Waals surface area contributed by atoms with Gasteiger partial charge in [0.2, 0.25) is 0 Å². The number of hydrogen-bond donors (Lipinski definition) is 0. The summed E-state index contributed by atoms with van der Waals surface area (Å²) >= 11 is 1.57. The molecule has 154 valence electrons. The second-order valence-electron chi connectivity index (χ2n) is 7.51. The van der Waals surface area contributed by atoms with E-state index in [0.717, 1.165) is 47.5 Å². The highest BCUT2D eigenvalue weighted by Crippen LogP contribution is 2.46. The maximum atomic E-state index is 9.86. The van der Waals surface area contributed by atoms with Gasteiger partial charge in [-0.05, 0) is 61.6 Å². The van der Waals surface area contributed by atoms with Gasteiger partial charge in [-0.15, -0.1) is 21.6 Å². The standard InChI is InChI=1S/C25H23N5S/c1-3-30(14-6-13-26)19-10-11-22(17(2)15-19)28-29-25-21(16-27)24-20-8-5-4-7-18(20)9-12-23(24)31-25/h4-5,7-8,10-11,15H,3,6,9,12,14H2,1-2H3. The molecule has 1 aliphatic carbocycles. The van der Waals surface area contributed by atoms with Crippen LogP contribution in [0.25, 0.3) is 11.1 Å². The molecule has 0 fully saturated rings. The molecule has 0 bridgehead atoms. The fourth-order valence-electron chi connectivity index (χ4n) is 4.03. The molecular formula is C25H23N5S. The number of hydrogen-bond acceptors (Lipinski definition) is 6. The van der Waals surface area contributed by atoms with Gasteiger partial charge in [-0.1, -0.05) is 24.3 Å². The van der Waals surface area contributed by atoms with E-state index in [4.69, 9.17) is 5.26 Å². The fourth-order valence-corrected chi connectivity index (χ4v) is 5.12. The average Bonchev–Trinajstić information content (AvgIpc) is 3.17. The Morgan fingerprint density at radius 3 is 2.68 bits per heavy atom. The van der Waals surface area contributed by atoms with E-state index in [9.17, 15) is 5.26 Å². The molecule has 1 heterocycles. The molecule has 0 saturated heterocycles. The number of anilines is 1. The van der Waals surface area contributed by atoms with Crippen LogP contribution in [0.5, 0.6) is 0 Å². The summed E-state index contributed by atoms with van der Waals surface area (Å²) < 4.78 is 0. The maximum absolute atomic E-state index is 9.86. The lowest BCUT2D eigenvalue weighted by atomic mass is 9.88. The molecule has 0 unspecified atom stereocenters. The molecule has 0 radical (unpaired) electrons. The molecule has 1 aliphatic rings. The van der Waals surface area contributed by atoms with Gasteiger partial charge in [0.15, 0.2) is 5.00 Å². The molecular weight excluding hydrogens is 402 g/mol. The third kappa shape index (κ3) is 4.08. The summed E-state index contributed by atoms with van der Waals surface area (Å²) in [6.45, 7) is 5.65. The van der Waals surface area contributed by atoms with Crippen molar-refractivity contribution in [2.45, 2.75) is 33.1 Å². The highest BCUT2D eigenvalue weighted by atomic mass is 32.1. The SMILES string of the molecule is CCN(CCC#N)c1ccc(N=Nc2sc3c(c2C#N)-c2ccccc2CC3)c(C)c1. The molecule has 2 aromatic carbocycles. The predicted molar refractivity (Wildman–Crippen MR) is 125 cm³/mol. The van der Waals surface area contributed by atoms with Crippen molar-refractivity contribution in [3.05, 3.63) is 64.0 Å². The van der Waals surface area contributed by atoms with Gasteiger partial charge in [-0.2, -0.15) is 10.5 Å². The van der Waals surface area contributed by atoms with Crippen LogP contribution in [0, 0.1) is 29.6 Å². The number of azo groups is 1. The summed E-state index contributed by atoms with van der Waals surface area (Å²) in [5, 5.41) is 28.4. The number of fused-ring (bicyclic) bond motifs is 3. The molecule has 1 aromatic heterocycles. The summed E-state index contributed by atoms with van der Waals surface area (Å²) in [6.07, 6.45) is 2.42. The Balaban J connectivity index is 1.64. The molecule has 31 heavy (non-hydrogen) atoms. The van der Waals surface area contributed by atoms with E-state index in [1.807, 2.05) is 25.1 Å². The van der Waals surface area contributed by atoms with Crippen molar-refractivity contribution in [1.82, 2.24) is 0 Å². The van der Waals surface area contributed by atoms with Crippen molar-refractivity contribution in [1.29, 1.82) is 10.5 Å². The first-order valence-electron chi connectivity index (χ1n) is 10.4. The Labute approximate surface area is 186 Å². The van der Waals surface area contributed by atoms with E-state index >= 15 is 0 Å². The molecule has 0 aliphatic heterocycles. The molecule has 6 heteroatoms. The van der Waals surface area contributed by atoms with E-state index in [0.29, 0.717) is 23.5 Å². The zero-order valence-electron chi connectivity index (χ0n) is 17.7. The Hall–Kier alpha value is -3.48. The first-order chi connectivity index (χ1) is 15.2. The topological polar surface area (TPSA) is 75.5 Å². The first kappa shape index (κ1) is 20.8. The van der Waals surface area contributed by atoms with E-state index in [1.54, 1.807) is 11.3 Å². The van der Waals surface area contributed by atoms with E-state index in [-0.39, 0.29) is 0 Å². The van der Waals surface area contributed by atoms with Gasteiger partial charge in [0.05, 0.1) is 23.7 Å². The van der Waals surface area contributed by atoms with Crippen molar-refractivity contribution in [2.24, 2.45) is 10.2 Å². The number of nitriles is 2. The van der Waals surface area contributed by atoms with E-state index in [1.165, 1.54) is 10.4 Å². The van der Waals surface area contributed by atoms with Crippen LogP contribution in [-0.2, 0) is 12.8 Å². The van der Waals surface area contributed by atoms with Gasteiger partial charge >= 0.3 is 0 Å². The van der Waals surface area contributed by atoms with Crippen LogP contribution in [0.4, 0.5) is 16.4 Å². The van der Waals surface area contributed by atoms with Crippen molar-refractivity contribution >= 4 is 27.7 Å². The van der Waals surface area contributed by atoms with E-state index in [2.05, 4.69) is 58.5 Å². The third-order valence-electron chi connectivity index (χ3n) is 5.65. The maximum Gasteiger partial charge on any atom is 0.157 e. The largest absolute Gasteiger partial charge is 0.371 e. The molecule has 3 aromatic rings. The van der Waals surface area contributed by atoms with Gasteiger partial charge in [0, 0.05) is 29.2 Å². The van der Waals surface area contributed by atoms with Gasteiger partial charge in [-0.25, -0.2) is 0 Å². The van der Waals surface area contributed by atoms with Crippen LogP contribution >= 0.6 is 11.3 Å². The Morgan fingerprint density at radius 2 is 1.94 bits per heavy atom. The predicted octanol–water partition coefficient (Wildman–Crippen LogP) is 6.85. The van der Waals surface area contributed by atoms with Gasteiger partial charge in [-0.3, -0.25) is 0 Å². The fraction of sp³-hybridized carbons (Fsp3) is 0.280. The van der Waals surface area contributed by atoms with Crippen molar-refractivity contribution in [3.8, 4) is 23.3 Å². The smallest absolute Gasteiger partial charge is 0.157 e. The highest BCUT2D eigenvalue weighted by molar-refractivity contribution is 7.16. The summed E-state index contributed by atoms with van der Waals surface area (Å²) in [6, 6.07) is 18.9. The highest BCUT2D eigenvalue weighted by Gasteiger charge is 2.24. The molecule has 0 N–H and O–H groups in total. The monoisotopic (exact) mass is 425 g/mol. The Kier molecular flexibility index (Phi) is 6.11. The molecule has 5 nitrogen and oxygen atoms in total. The second-order valence-corrected chi connectivity index (χ2v) is 8.59. The number of rotatable bonds is 6. The van der Waals surface area contributed by atoms with Crippen LogP contribution < -0.4 is 4.90 Å². The molecule has 4 rings (SSSR count). The van der Waals surface area contributed by atoms with Crippen molar-refractivity contribution in [2.75, 3.05) is 18.0 Å². The van der Waals surface area contributed by atoms with Gasteiger partial charge < -0.3 is 4.90 Å². The van der Waals surface area contributed by atoms with Crippen LogP contribution in [-0.4, -0.2) is 13.1 Å². The Bertz CT molecular complexity index is 1230. The minimum absolute atomic E-state index is 0.497. The number of benzene rings is 2. The van der Waals surface area contributed by atoms with Crippen molar-refractivity contribution < 1.29 is 0 Å². The summed E-state index contributed by atoms with van der Waals surface area (Å²) in [4.78, 5) is 3.39. The lowest BCUT2D eigenvalue weighted by Crippen LogP contribution is -2.23. The minimum Gasteiger partial charge on any atom is -0.371 e.